The van der Waals surface area contributed by atoms with Gasteiger partial charge in [-0.3, -0.25) is 9.78 Å². The third-order valence-electron chi connectivity index (χ3n) is 5.13. The molecule has 0 spiro atoms. The number of fused-ring (bicyclic) bond motifs is 1. The number of benzene rings is 2. The lowest BCUT2D eigenvalue weighted by atomic mass is 9.97. The van der Waals surface area contributed by atoms with E-state index in [0.29, 0.717) is 6.42 Å². The van der Waals surface area contributed by atoms with E-state index in [1.165, 1.54) is 21.9 Å². The fourth-order valence-corrected chi connectivity index (χ4v) is 3.87. The Labute approximate surface area is 148 Å². The van der Waals surface area contributed by atoms with Gasteiger partial charge in [-0.2, -0.15) is 0 Å². The maximum absolute atomic E-state index is 12.8. The topological polar surface area (TPSA) is 33.2 Å². The summed E-state index contributed by atoms with van der Waals surface area (Å²) in [5.74, 6) is 0.257. The second kappa shape index (κ2) is 7.06. The summed E-state index contributed by atoms with van der Waals surface area (Å²) in [7, 11) is 0. The standard InChI is InChI=1S/C22H22N2O/c25-22(11-10-17-12-14-23-15-13-17)24-16-4-9-21(24)20-8-3-6-18-5-1-2-7-19(18)20/h1-3,5-8,12-15,21H,4,9-11,16H2. The van der Waals surface area contributed by atoms with Crippen LogP contribution in [0.2, 0.25) is 0 Å². The average molecular weight is 330 g/mol. The average Bonchev–Trinajstić information content (AvgIpc) is 3.16. The summed E-state index contributed by atoms with van der Waals surface area (Å²) < 4.78 is 0. The van der Waals surface area contributed by atoms with Crippen molar-refractivity contribution in [2.24, 2.45) is 0 Å². The lowest BCUT2D eigenvalue weighted by Gasteiger charge is -2.26. The number of rotatable bonds is 4. The first-order valence-corrected chi connectivity index (χ1v) is 8.99. The van der Waals surface area contributed by atoms with E-state index in [0.717, 1.165) is 25.8 Å². The van der Waals surface area contributed by atoms with Crippen LogP contribution in [0.1, 0.15) is 36.4 Å². The van der Waals surface area contributed by atoms with Crippen LogP contribution in [0.5, 0.6) is 0 Å². The molecule has 4 rings (SSSR count). The molecule has 1 aliphatic rings. The van der Waals surface area contributed by atoms with Gasteiger partial charge in [-0.1, -0.05) is 42.5 Å². The molecule has 1 unspecified atom stereocenters. The molecule has 25 heavy (non-hydrogen) atoms. The highest BCUT2D eigenvalue weighted by Gasteiger charge is 2.30. The lowest BCUT2D eigenvalue weighted by molar-refractivity contribution is -0.132. The molecule has 1 atom stereocenters. The quantitative estimate of drug-likeness (QED) is 0.704. The Morgan fingerprint density at radius 3 is 2.72 bits per heavy atom. The minimum Gasteiger partial charge on any atom is -0.336 e. The van der Waals surface area contributed by atoms with Crippen LogP contribution in [-0.2, 0) is 11.2 Å². The van der Waals surface area contributed by atoms with Gasteiger partial charge in [-0.15, -0.1) is 0 Å². The van der Waals surface area contributed by atoms with Gasteiger partial charge in [0.05, 0.1) is 6.04 Å². The van der Waals surface area contributed by atoms with Crippen molar-refractivity contribution >= 4 is 16.7 Å². The van der Waals surface area contributed by atoms with Crippen LogP contribution >= 0.6 is 0 Å². The van der Waals surface area contributed by atoms with Crippen LogP contribution in [0, 0.1) is 0 Å². The molecule has 3 aromatic rings. The summed E-state index contributed by atoms with van der Waals surface area (Å²) in [6, 6.07) is 19.1. The van der Waals surface area contributed by atoms with Crippen molar-refractivity contribution in [3.63, 3.8) is 0 Å². The highest BCUT2D eigenvalue weighted by molar-refractivity contribution is 5.87. The first-order chi connectivity index (χ1) is 12.3. The SMILES string of the molecule is O=C(CCc1ccncc1)N1CCCC1c1cccc2ccccc12. The second-order valence-electron chi connectivity index (χ2n) is 6.67. The number of nitrogens with zero attached hydrogens (tertiary/aromatic N) is 2. The molecule has 0 bridgehead atoms. The summed E-state index contributed by atoms with van der Waals surface area (Å²) in [6.45, 7) is 0.864. The zero-order valence-electron chi connectivity index (χ0n) is 14.3. The lowest BCUT2D eigenvalue weighted by Crippen LogP contribution is -2.30. The molecule has 1 aliphatic heterocycles. The van der Waals surface area contributed by atoms with Gasteiger partial charge >= 0.3 is 0 Å². The number of carbonyl (C=O) groups is 1. The minimum absolute atomic E-state index is 0.205. The van der Waals surface area contributed by atoms with Gasteiger partial charge in [0.25, 0.3) is 0 Å². The predicted octanol–water partition coefficient (Wildman–Crippen LogP) is 4.53. The molecular weight excluding hydrogens is 308 g/mol. The van der Waals surface area contributed by atoms with Gasteiger partial charge in [0.15, 0.2) is 0 Å². The van der Waals surface area contributed by atoms with Crippen LogP contribution in [0.15, 0.2) is 67.0 Å². The van der Waals surface area contributed by atoms with Crippen molar-refractivity contribution in [2.45, 2.75) is 31.7 Å². The number of likely N-dealkylation sites (tertiary alicyclic amines) is 1. The Balaban J connectivity index is 1.54. The van der Waals surface area contributed by atoms with Gasteiger partial charge in [-0.05, 0) is 53.3 Å². The number of pyridine rings is 1. The Kier molecular flexibility index (Phi) is 4.47. The summed E-state index contributed by atoms with van der Waals surface area (Å²) in [5, 5.41) is 2.51. The van der Waals surface area contributed by atoms with Crippen LogP contribution < -0.4 is 0 Å². The molecule has 2 aromatic carbocycles. The van der Waals surface area contributed by atoms with E-state index in [2.05, 4.69) is 52.3 Å². The van der Waals surface area contributed by atoms with Crippen LogP contribution in [-0.4, -0.2) is 22.3 Å². The van der Waals surface area contributed by atoms with E-state index in [1.54, 1.807) is 12.4 Å². The van der Waals surface area contributed by atoms with Gasteiger partial charge < -0.3 is 4.90 Å². The molecule has 1 aromatic heterocycles. The summed E-state index contributed by atoms with van der Waals surface area (Å²) in [6.07, 6.45) is 7.04. The molecule has 3 heteroatoms. The molecule has 2 heterocycles. The summed E-state index contributed by atoms with van der Waals surface area (Å²) in [4.78, 5) is 19.0. The monoisotopic (exact) mass is 330 g/mol. The van der Waals surface area contributed by atoms with Crippen LogP contribution in [0.25, 0.3) is 10.8 Å². The summed E-state index contributed by atoms with van der Waals surface area (Å²) >= 11 is 0. The highest BCUT2D eigenvalue weighted by atomic mass is 16.2. The zero-order valence-corrected chi connectivity index (χ0v) is 14.3. The molecule has 0 N–H and O–H groups in total. The Hall–Kier alpha value is -2.68. The fourth-order valence-electron chi connectivity index (χ4n) is 3.87. The molecule has 126 valence electrons. The number of aromatic nitrogens is 1. The van der Waals surface area contributed by atoms with Crippen molar-refractivity contribution in [3.8, 4) is 0 Å². The number of hydrogen-bond acceptors (Lipinski definition) is 2. The molecule has 1 amide bonds. The summed E-state index contributed by atoms with van der Waals surface area (Å²) in [5.41, 5.74) is 2.46. The van der Waals surface area contributed by atoms with E-state index in [9.17, 15) is 4.79 Å². The second-order valence-corrected chi connectivity index (χ2v) is 6.67. The van der Waals surface area contributed by atoms with Gasteiger partial charge in [0.1, 0.15) is 0 Å². The largest absolute Gasteiger partial charge is 0.336 e. The first-order valence-electron chi connectivity index (χ1n) is 8.99. The molecule has 0 radical (unpaired) electrons. The minimum atomic E-state index is 0.205. The normalized spacial score (nSPS) is 17.1. The van der Waals surface area contributed by atoms with Crippen molar-refractivity contribution in [2.75, 3.05) is 6.54 Å². The maximum Gasteiger partial charge on any atom is 0.223 e. The van der Waals surface area contributed by atoms with Crippen LogP contribution in [0.4, 0.5) is 0 Å². The maximum atomic E-state index is 12.8. The Morgan fingerprint density at radius 2 is 1.84 bits per heavy atom. The molecule has 0 aliphatic carbocycles. The molecule has 1 fully saturated rings. The molecule has 3 nitrogen and oxygen atoms in total. The number of aryl methyl sites for hydroxylation is 1. The number of hydrogen-bond donors (Lipinski definition) is 0. The van der Waals surface area contributed by atoms with E-state index in [1.807, 2.05) is 12.1 Å². The van der Waals surface area contributed by atoms with Crippen molar-refractivity contribution in [3.05, 3.63) is 78.1 Å². The fraction of sp³-hybridized carbons (Fsp3) is 0.273. The Morgan fingerprint density at radius 1 is 1.04 bits per heavy atom. The smallest absolute Gasteiger partial charge is 0.223 e. The van der Waals surface area contributed by atoms with Crippen molar-refractivity contribution in [1.82, 2.24) is 9.88 Å². The van der Waals surface area contributed by atoms with Crippen LogP contribution in [0.3, 0.4) is 0 Å². The van der Waals surface area contributed by atoms with E-state index in [4.69, 9.17) is 0 Å². The van der Waals surface area contributed by atoms with Gasteiger partial charge in [-0.25, -0.2) is 0 Å². The van der Waals surface area contributed by atoms with Gasteiger partial charge in [0.2, 0.25) is 5.91 Å². The van der Waals surface area contributed by atoms with E-state index < -0.39 is 0 Å². The van der Waals surface area contributed by atoms with Gasteiger partial charge in [0, 0.05) is 25.4 Å². The third kappa shape index (κ3) is 3.27. The highest BCUT2D eigenvalue weighted by Crippen LogP contribution is 2.36. The van der Waals surface area contributed by atoms with E-state index >= 15 is 0 Å². The zero-order chi connectivity index (χ0) is 17.1. The van der Waals surface area contributed by atoms with Crippen molar-refractivity contribution < 1.29 is 4.79 Å². The third-order valence-corrected chi connectivity index (χ3v) is 5.13. The first kappa shape index (κ1) is 15.8. The molecule has 0 saturated carbocycles. The molecule has 1 saturated heterocycles. The number of carbonyl (C=O) groups excluding carboxylic acids is 1. The molecular formula is C22H22N2O. The van der Waals surface area contributed by atoms with E-state index in [-0.39, 0.29) is 11.9 Å². The Bertz CT molecular complexity index is 870. The number of amides is 1. The predicted molar refractivity (Wildman–Crippen MR) is 100 cm³/mol. The van der Waals surface area contributed by atoms with Crippen molar-refractivity contribution in [1.29, 1.82) is 0 Å².